The highest BCUT2D eigenvalue weighted by atomic mass is 16.5. The molecule has 23 heavy (non-hydrogen) atoms. The summed E-state index contributed by atoms with van der Waals surface area (Å²) in [6.07, 6.45) is 3.80. The SMILES string of the molecule is CC(C)CC(NCc1cccc(Oc2ncccn2)c1)C(=O)O. The van der Waals surface area contributed by atoms with E-state index >= 15 is 0 Å². The molecular weight excluding hydrogens is 294 g/mol. The van der Waals surface area contributed by atoms with Crippen LogP contribution >= 0.6 is 0 Å². The topological polar surface area (TPSA) is 84.3 Å². The second-order valence-electron chi connectivity index (χ2n) is 5.68. The molecule has 1 heterocycles. The van der Waals surface area contributed by atoms with Crippen LogP contribution in [0, 0.1) is 5.92 Å². The molecule has 0 amide bonds. The lowest BCUT2D eigenvalue weighted by Crippen LogP contribution is -2.37. The van der Waals surface area contributed by atoms with E-state index in [2.05, 4.69) is 15.3 Å². The van der Waals surface area contributed by atoms with Crippen LogP contribution in [0.3, 0.4) is 0 Å². The normalized spacial score (nSPS) is 12.1. The predicted octanol–water partition coefficient (Wildman–Crippen LogP) is 2.86. The Bertz CT molecular complexity index is 632. The van der Waals surface area contributed by atoms with Crippen LogP contribution in [0.1, 0.15) is 25.8 Å². The van der Waals surface area contributed by atoms with Crippen molar-refractivity contribution >= 4 is 5.97 Å². The number of hydrogen-bond acceptors (Lipinski definition) is 5. The van der Waals surface area contributed by atoms with Gasteiger partial charge in [-0.25, -0.2) is 9.97 Å². The summed E-state index contributed by atoms with van der Waals surface area (Å²) in [4.78, 5) is 19.3. The molecule has 0 saturated heterocycles. The fraction of sp³-hybridized carbons (Fsp3) is 0.353. The zero-order chi connectivity index (χ0) is 16.7. The van der Waals surface area contributed by atoms with Crippen molar-refractivity contribution < 1.29 is 14.6 Å². The van der Waals surface area contributed by atoms with Crippen molar-refractivity contribution in [2.75, 3.05) is 0 Å². The number of carboxylic acids is 1. The molecule has 0 saturated carbocycles. The Labute approximate surface area is 135 Å². The number of carbonyl (C=O) groups is 1. The van der Waals surface area contributed by atoms with Crippen molar-refractivity contribution in [3.8, 4) is 11.8 Å². The zero-order valence-corrected chi connectivity index (χ0v) is 13.3. The molecule has 2 rings (SSSR count). The average molecular weight is 315 g/mol. The van der Waals surface area contributed by atoms with E-state index in [4.69, 9.17) is 4.74 Å². The number of ether oxygens (including phenoxy) is 1. The lowest BCUT2D eigenvalue weighted by Gasteiger charge is -2.16. The first-order valence-electron chi connectivity index (χ1n) is 7.54. The summed E-state index contributed by atoms with van der Waals surface area (Å²) in [6.45, 7) is 4.47. The number of hydrogen-bond donors (Lipinski definition) is 2. The van der Waals surface area contributed by atoms with Gasteiger partial charge >= 0.3 is 12.0 Å². The second kappa shape index (κ2) is 8.24. The Hall–Kier alpha value is -2.47. The van der Waals surface area contributed by atoms with Crippen molar-refractivity contribution in [2.45, 2.75) is 32.9 Å². The lowest BCUT2D eigenvalue weighted by atomic mass is 10.0. The Kier molecular flexibility index (Phi) is 6.05. The van der Waals surface area contributed by atoms with E-state index in [1.165, 1.54) is 0 Å². The number of nitrogens with one attached hydrogen (secondary N) is 1. The molecule has 6 nitrogen and oxygen atoms in total. The third-order valence-electron chi connectivity index (χ3n) is 3.21. The molecule has 0 bridgehead atoms. The predicted molar refractivity (Wildman–Crippen MR) is 86.3 cm³/mol. The molecule has 1 atom stereocenters. The van der Waals surface area contributed by atoms with Gasteiger partial charge in [-0.15, -0.1) is 0 Å². The van der Waals surface area contributed by atoms with E-state index in [0.29, 0.717) is 24.6 Å². The molecule has 122 valence electrons. The van der Waals surface area contributed by atoms with Crippen LogP contribution in [0.4, 0.5) is 0 Å². The standard InChI is InChI=1S/C17H21N3O3/c1-12(2)9-15(16(21)22)20-11-13-5-3-6-14(10-13)23-17-18-7-4-8-19-17/h3-8,10,12,15,20H,9,11H2,1-2H3,(H,21,22). The van der Waals surface area contributed by atoms with Gasteiger partial charge in [-0.3, -0.25) is 4.79 Å². The van der Waals surface area contributed by atoms with Crippen molar-refractivity contribution in [2.24, 2.45) is 5.92 Å². The van der Waals surface area contributed by atoms with Crippen molar-refractivity contribution in [3.63, 3.8) is 0 Å². The lowest BCUT2D eigenvalue weighted by molar-refractivity contribution is -0.140. The third-order valence-corrected chi connectivity index (χ3v) is 3.21. The fourth-order valence-corrected chi connectivity index (χ4v) is 2.15. The molecule has 1 aromatic carbocycles. The summed E-state index contributed by atoms with van der Waals surface area (Å²) in [5.41, 5.74) is 0.938. The molecule has 0 aliphatic rings. The maximum absolute atomic E-state index is 11.3. The average Bonchev–Trinajstić information content (AvgIpc) is 2.52. The molecule has 0 spiro atoms. The van der Waals surface area contributed by atoms with E-state index in [1.807, 2.05) is 38.1 Å². The summed E-state index contributed by atoms with van der Waals surface area (Å²) < 4.78 is 5.57. The van der Waals surface area contributed by atoms with Gasteiger partial charge < -0.3 is 15.2 Å². The van der Waals surface area contributed by atoms with Crippen molar-refractivity contribution in [3.05, 3.63) is 48.3 Å². The Morgan fingerprint density at radius 1 is 1.26 bits per heavy atom. The smallest absolute Gasteiger partial charge is 0.321 e. The van der Waals surface area contributed by atoms with Gasteiger partial charge in [0.25, 0.3) is 0 Å². The maximum Gasteiger partial charge on any atom is 0.321 e. The molecule has 2 aromatic rings. The van der Waals surface area contributed by atoms with Crippen LogP contribution in [0.2, 0.25) is 0 Å². The van der Waals surface area contributed by atoms with E-state index in [-0.39, 0.29) is 6.01 Å². The van der Waals surface area contributed by atoms with Gasteiger partial charge in [0.05, 0.1) is 0 Å². The highest BCUT2D eigenvalue weighted by Crippen LogP contribution is 2.18. The van der Waals surface area contributed by atoms with Crippen molar-refractivity contribution in [1.29, 1.82) is 0 Å². The molecule has 1 aromatic heterocycles. The van der Waals surface area contributed by atoms with Gasteiger partial charge in [0, 0.05) is 18.9 Å². The molecule has 0 radical (unpaired) electrons. The number of rotatable bonds is 8. The van der Waals surface area contributed by atoms with E-state index in [1.54, 1.807) is 18.5 Å². The summed E-state index contributed by atoms with van der Waals surface area (Å²) in [6, 6.07) is 8.86. The Morgan fingerprint density at radius 2 is 2.00 bits per heavy atom. The third kappa shape index (κ3) is 5.67. The maximum atomic E-state index is 11.3. The molecule has 6 heteroatoms. The molecule has 2 N–H and O–H groups in total. The van der Waals surface area contributed by atoms with E-state index in [0.717, 1.165) is 5.56 Å². The number of benzene rings is 1. The zero-order valence-electron chi connectivity index (χ0n) is 13.3. The first-order chi connectivity index (χ1) is 11.0. The largest absolute Gasteiger partial charge is 0.480 e. The van der Waals surface area contributed by atoms with Crippen LogP contribution in [0.15, 0.2) is 42.7 Å². The molecule has 1 unspecified atom stereocenters. The number of aromatic nitrogens is 2. The number of aliphatic carboxylic acids is 1. The minimum absolute atomic E-state index is 0.279. The van der Waals surface area contributed by atoms with Gasteiger partial charge in [-0.2, -0.15) is 0 Å². The molecular formula is C17H21N3O3. The minimum atomic E-state index is -0.830. The summed E-state index contributed by atoms with van der Waals surface area (Å²) in [5, 5.41) is 12.3. The first kappa shape index (κ1) is 16.9. The van der Waals surface area contributed by atoms with Crippen molar-refractivity contribution in [1.82, 2.24) is 15.3 Å². The monoisotopic (exact) mass is 315 g/mol. The highest BCUT2D eigenvalue weighted by Gasteiger charge is 2.18. The quantitative estimate of drug-likeness (QED) is 0.779. The van der Waals surface area contributed by atoms with Crippen LogP contribution in [-0.2, 0) is 11.3 Å². The van der Waals surface area contributed by atoms with Gasteiger partial charge in [0.1, 0.15) is 11.8 Å². The van der Waals surface area contributed by atoms with Crippen LogP contribution in [-0.4, -0.2) is 27.1 Å². The molecule has 0 aliphatic heterocycles. The van der Waals surface area contributed by atoms with Gasteiger partial charge in [-0.1, -0.05) is 26.0 Å². The summed E-state index contributed by atoms with van der Waals surface area (Å²) in [5.74, 6) is 0.100. The minimum Gasteiger partial charge on any atom is -0.480 e. The first-order valence-corrected chi connectivity index (χ1v) is 7.54. The van der Waals surface area contributed by atoms with Crippen LogP contribution in [0.5, 0.6) is 11.8 Å². The molecule has 0 fully saturated rings. The molecule has 0 aliphatic carbocycles. The van der Waals surface area contributed by atoms with Gasteiger partial charge in [0.2, 0.25) is 0 Å². The fourth-order valence-electron chi connectivity index (χ4n) is 2.15. The second-order valence-corrected chi connectivity index (χ2v) is 5.68. The van der Waals surface area contributed by atoms with E-state index in [9.17, 15) is 9.90 Å². The Morgan fingerprint density at radius 3 is 2.65 bits per heavy atom. The summed E-state index contributed by atoms with van der Waals surface area (Å²) >= 11 is 0. The Balaban J connectivity index is 1.98. The highest BCUT2D eigenvalue weighted by molar-refractivity contribution is 5.73. The van der Waals surface area contributed by atoms with Crippen LogP contribution in [0.25, 0.3) is 0 Å². The van der Waals surface area contributed by atoms with Gasteiger partial charge in [-0.05, 0) is 36.1 Å². The van der Waals surface area contributed by atoms with E-state index < -0.39 is 12.0 Å². The van der Waals surface area contributed by atoms with Crippen LogP contribution < -0.4 is 10.1 Å². The van der Waals surface area contributed by atoms with Gasteiger partial charge in [0.15, 0.2) is 0 Å². The number of carboxylic acid groups (broad SMARTS) is 1. The summed E-state index contributed by atoms with van der Waals surface area (Å²) in [7, 11) is 0. The number of nitrogens with zero attached hydrogens (tertiary/aromatic N) is 2.